The minimum atomic E-state index is -0.969. The summed E-state index contributed by atoms with van der Waals surface area (Å²) >= 11 is 0. The van der Waals surface area contributed by atoms with Gasteiger partial charge in [-0.05, 0) is 20.4 Å². The van der Waals surface area contributed by atoms with E-state index in [1.807, 2.05) is 6.07 Å². The Labute approximate surface area is 187 Å². The second kappa shape index (κ2) is 13.1. The van der Waals surface area contributed by atoms with Crippen LogP contribution in [-0.2, 0) is 9.47 Å². The minimum absolute atomic E-state index is 0. The summed E-state index contributed by atoms with van der Waals surface area (Å²) in [5.74, 6) is -0.720. The fraction of sp³-hybridized carbons (Fsp3) is 0.933. The zero-order valence-corrected chi connectivity index (χ0v) is 17.0. The maximum Gasteiger partial charge on any atom is 1.00 e. The van der Waals surface area contributed by atoms with E-state index in [2.05, 4.69) is 0 Å². The van der Waals surface area contributed by atoms with Crippen LogP contribution >= 0.6 is 0 Å². The largest absolute Gasteiger partial charge is 1.00 e. The van der Waals surface area contributed by atoms with Crippen LogP contribution in [0.5, 0.6) is 0 Å². The fourth-order valence-corrected chi connectivity index (χ4v) is 2.32. The van der Waals surface area contributed by atoms with Crippen molar-refractivity contribution in [3.63, 3.8) is 0 Å². The Kier molecular flexibility index (Phi) is 14.8. The van der Waals surface area contributed by atoms with Gasteiger partial charge in [0.25, 0.3) is 0 Å². The molecular formula is C15H31KN2O6. The van der Waals surface area contributed by atoms with Gasteiger partial charge in [0.05, 0.1) is 43.5 Å². The molecule has 0 radical (unpaired) electrons. The molecule has 8 atom stereocenters. The van der Waals surface area contributed by atoms with Crippen LogP contribution in [0.15, 0.2) is 0 Å². The van der Waals surface area contributed by atoms with Gasteiger partial charge in [0.15, 0.2) is 0 Å². The first kappa shape index (κ1) is 27.1. The Bertz CT molecular complexity index is 388. The van der Waals surface area contributed by atoms with Gasteiger partial charge in [0, 0.05) is 5.92 Å². The first-order chi connectivity index (χ1) is 10.3. The molecular weight excluding hydrogens is 343 g/mol. The summed E-state index contributed by atoms with van der Waals surface area (Å²) in [6.07, 6.45) is -4.10. The van der Waals surface area contributed by atoms with Crippen molar-refractivity contribution in [1.29, 1.82) is 5.26 Å². The number of nitrogens with two attached hydrogens (primary N) is 1. The van der Waals surface area contributed by atoms with Gasteiger partial charge >= 0.3 is 51.4 Å². The second-order valence-electron chi connectivity index (χ2n) is 5.77. The van der Waals surface area contributed by atoms with Gasteiger partial charge in [0.1, 0.15) is 18.3 Å². The summed E-state index contributed by atoms with van der Waals surface area (Å²) in [6, 6.07) is 1.87. The third-order valence-electron chi connectivity index (χ3n) is 4.14. The molecule has 0 aromatic heterocycles. The van der Waals surface area contributed by atoms with Crippen LogP contribution in [-0.4, -0.2) is 76.8 Å². The quantitative estimate of drug-likeness (QED) is 0.290. The molecule has 0 aliphatic carbocycles. The number of aliphatic hydroxyl groups excluding tert-OH is 4. The maximum atomic E-state index is 9.40. The van der Waals surface area contributed by atoms with Crippen molar-refractivity contribution < 1.29 is 82.7 Å². The Balaban J connectivity index is -0.000000346. The SMILES string of the molecule is C.C[C@@H]1OC[C@@H](C#N)[C@@H](O)[C@@H]1O.C[C@@H]1OC[C@@H](CN)[C@@H](O)[C@@H]1O.[H-].[K+]. The number of ether oxygens (including phenoxy) is 2. The number of nitriles is 1. The zero-order valence-electron chi connectivity index (χ0n) is 14.9. The first-order valence-electron chi connectivity index (χ1n) is 7.38. The molecule has 2 fully saturated rings. The molecule has 0 bridgehead atoms. The fourth-order valence-electron chi connectivity index (χ4n) is 2.32. The molecule has 2 aliphatic heterocycles. The topological polar surface area (TPSA) is 149 Å². The van der Waals surface area contributed by atoms with Crippen LogP contribution in [0.3, 0.4) is 0 Å². The van der Waals surface area contributed by atoms with Gasteiger partial charge in [-0.1, -0.05) is 7.43 Å². The van der Waals surface area contributed by atoms with E-state index in [-0.39, 0.29) is 85.0 Å². The van der Waals surface area contributed by atoms with Gasteiger partial charge in [-0.25, -0.2) is 0 Å². The Morgan fingerprint density at radius 3 is 1.92 bits per heavy atom. The van der Waals surface area contributed by atoms with Gasteiger partial charge in [0.2, 0.25) is 0 Å². The van der Waals surface area contributed by atoms with Crippen LogP contribution in [0.25, 0.3) is 0 Å². The summed E-state index contributed by atoms with van der Waals surface area (Å²) in [5.41, 5.74) is 5.35. The second-order valence-corrected chi connectivity index (χ2v) is 5.77. The molecule has 2 heterocycles. The molecule has 0 aromatic rings. The van der Waals surface area contributed by atoms with E-state index < -0.39 is 30.3 Å². The van der Waals surface area contributed by atoms with Crippen molar-refractivity contribution in [3.05, 3.63) is 0 Å². The average Bonchev–Trinajstić information content (AvgIpc) is 2.51. The Hall–Kier alpha value is 0.846. The van der Waals surface area contributed by atoms with E-state index >= 15 is 0 Å². The maximum absolute atomic E-state index is 9.40. The third kappa shape index (κ3) is 7.23. The van der Waals surface area contributed by atoms with Crippen LogP contribution in [0.1, 0.15) is 22.7 Å². The zero-order chi connectivity index (χ0) is 16.9. The van der Waals surface area contributed by atoms with Gasteiger partial charge in [-0.2, -0.15) is 5.26 Å². The Morgan fingerprint density at radius 1 is 1.00 bits per heavy atom. The van der Waals surface area contributed by atoms with Crippen LogP contribution < -0.4 is 57.1 Å². The minimum Gasteiger partial charge on any atom is -1.00 e. The predicted molar refractivity (Wildman–Crippen MR) is 84.3 cm³/mol. The molecule has 2 rings (SSSR count). The van der Waals surface area contributed by atoms with Crippen molar-refractivity contribution in [2.45, 2.75) is 57.9 Å². The van der Waals surface area contributed by atoms with Gasteiger partial charge in [-0.3, -0.25) is 0 Å². The number of nitrogens with zero attached hydrogens (tertiary/aromatic N) is 1. The number of aliphatic hydroxyl groups is 4. The molecule has 9 heteroatoms. The molecule has 24 heavy (non-hydrogen) atoms. The van der Waals surface area contributed by atoms with E-state index in [1.165, 1.54) is 0 Å². The molecule has 0 spiro atoms. The molecule has 0 amide bonds. The molecule has 6 N–H and O–H groups in total. The molecule has 0 aromatic carbocycles. The standard InChI is InChI=1S/C7H15NO3.C7H11NO3.CH4.K.H/c2*1-4-6(9)7(10)5(2-8)3-11-4;;;/h4-7,9-10H,2-3,8H2,1H3;4-7,9-10H,3H2,1H3;1H4;;/q;;;+1;-1/t2*4-,5+,6+,7+;;;/m00.../s1. The number of hydrogen-bond donors (Lipinski definition) is 5. The van der Waals surface area contributed by atoms with Gasteiger partial charge < -0.3 is 37.1 Å². The molecule has 2 aliphatic rings. The number of rotatable bonds is 1. The normalized spacial score (nSPS) is 41.6. The smallest absolute Gasteiger partial charge is 1.00 e. The summed E-state index contributed by atoms with van der Waals surface area (Å²) in [4.78, 5) is 0. The number of hydrogen-bond acceptors (Lipinski definition) is 8. The molecule has 2 saturated heterocycles. The van der Waals surface area contributed by atoms with E-state index in [9.17, 15) is 20.4 Å². The van der Waals surface area contributed by atoms with Crippen LogP contribution in [0.2, 0.25) is 0 Å². The first-order valence-corrected chi connectivity index (χ1v) is 7.38. The van der Waals surface area contributed by atoms with Crippen molar-refractivity contribution in [1.82, 2.24) is 0 Å². The van der Waals surface area contributed by atoms with Crippen LogP contribution in [0, 0.1) is 23.2 Å². The van der Waals surface area contributed by atoms with Crippen molar-refractivity contribution >= 4 is 0 Å². The van der Waals surface area contributed by atoms with Crippen LogP contribution in [0.4, 0.5) is 0 Å². The van der Waals surface area contributed by atoms with Crippen molar-refractivity contribution in [2.75, 3.05) is 19.8 Å². The monoisotopic (exact) mass is 374 g/mol. The Morgan fingerprint density at radius 2 is 1.46 bits per heavy atom. The summed E-state index contributed by atoms with van der Waals surface area (Å²) in [7, 11) is 0. The molecule has 0 saturated carbocycles. The van der Waals surface area contributed by atoms with E-state index in [0.717, 1.165) is 0 Å². The predicted octanol–water partition coefficient (Wildman–Crippen LogP) is -4.28. The van der Waals surface area contributed by atoms with E-state index in [0.29, 0.717) is 13.2 Å². The van der Waals surface area contributed by atoms with E-state index in [4.69, 9.17) is 20.5 Å². The molecule has 138 valence electrons. The molecule has 0 unspecified atom stereocenters. The van der Waals surface area contributed by atoms with Crippen molar-refractivity contribution in [3.8, 4) is 6.07 Å². The third-order valence-corrected chi connectivity index (χ3v) is 4.14. The van der Waals surface area contributed by atoms with E-state index in [1.54, 1.807) is 13.8 Å². The molecule has 8 nitrogen and oxygen atoms in total. The summed E-state index contributed by atoms with van der Waals surface area (Å²) < 4.78 is 10.2. The summed E-state index contributed by atoms with van der Waals surface area (Å²) in [6.45, 7) is 4.40. The van der Waals surface area contributed by atoms with Gasteiger partial charge in [-0.15, -0.1) is 0 Å². The van der Waals surface area contributed by atoms with Crippen molar-refractivity contribution in [2.24, 2.45) is 17.6 Å². The summed E-state index contributed by atoms with van der Waals surface area (Å²) in [5, 5.41) is 45.7. The average molecular weight is 375 g/mol.